The average molecular weight is 1430 g/mol. The minimum Gasteiger partial charge on any atom is -0.394 e. The molecule has 3 aliphatic rings. The molecule has 0 spiro atoms. The molecule has 101 heavy (non-hydrogen) atoms. The topological polar surface area (TPSA) is 307 Å². The van der Waals surface area contributed by atoms with Crippen molar-refractivity contribution in [2.45, 2.75) is 388 Å². The van der Waals surface area contributed by atoms with E-state index >= 15 is 0 Å². The predicted molar refractivity (Wildman–Crippen MR) is 401 cm³/mol. The summed E-state index contributed by atoms with van der Waals surface area (Å²) in [7, 11) is 0. The molecule has 17 atom stereocenters. The van der Waals surface area contributed by atoms with E-state index in [1.54, 1.807) is 6.08 Å². The second kappa shape index (κ2) is 61.8. The molecule has 19 nitrogen and oxygen atoms in total. The van der Waals surface area contributed by atoms with Crippen molar-refractivity contribution in [3.05, 3.63) is 97.2 Å². The Morgan fingerprint density at radius 2 is 0.693 bits per heavy atom. The largest absolute Gasteiger partial charge is 0.394 e. The highest BCUT2D eigenvalue weighted by molar-refractivity contribution is 5.76. The van der Waals surface area contributed by atoms with Crippen molar-refractivity contribution in [2.75, 3.05) is 26.4 Å². The Morgan fingerprint density at radius 3 is 1.11 bits per heavy atom. The van der Waals surface area contributed by atoms with Crippen LogP contribution in [-0.2, 0) is 33.2 Å². The number of carbonyl (C=O) groups is 1. The number of unbranched alkanes of at least 4 members (excludes halogenated alkanes) is 32. The first kappa shape index (κ1) is 91.9. The first-order valence-electron chi connectivity index (χ1n) is 40.0. The third-order valence-electron chi connectivity index (χ3n) is 19.3. The van der Waals surface area contributed by atoms with E-state index in [9.17, 15) is 61.0 Å². The summed E-state index contributed by atoms with van der Waals surface area (Å²) in [4.78, 5) is 13.5. The summed E-state index contributed by atoms with van der Waals surface area (Å²) < 4.78 is 34.4. The molecule has 3 heterocycles. The summed E-state index contributed by atoms with van der Waals surface area (Å²) in [5.74, 6) is -0.298. The third-order valence-corrected chi connectivity index (χ3v) is 19.3. The molecule has 17 unspecified atom stereocenters. The Bertz CT molecular complexity index is 2200. The van der Waals surface area contributed by atoms with Crippen LogP contribution in [0.25, 0.3) is 0 Å². The summed E-state index contributed by atoms with van der Waals surface area (Å²) in [5, 5.41) is 121. The van der Waals surface area contributed by atoms with Gasteiger partial charge in [0.1, 0.15) is 73.2 Å². The summed E-state index contributed by atoms with van der Waals surface area (Å²) in [6, 6.07) is -1.01. The van der Waals surface area contributed by atoms with Crippen LogP contribution in [0.2, 0.25) is 0 Å². The number of nitrogens with one attached hydrogen (secondary N) is 1. The fraction of sp³-hybridized carbons (Fsp3) is 0.793. The monoisotopic (exact) mass is 1430 g/mol. The highest BCUT2D eigenvalue weighted by Crippen LogP contribution is 2.33. The Morgan fingerprint density at radius 1 is 0.366 bits per heavy atom. The summed E-state index contributed by atoms with van der Waals surface area (Å²) >= 11 is 0. The Hall–Kier alpha value is -3.29. The molecule has 584 valence electrons. The molecule has 3 fully saturated rings. The molecule has 3 rings (SSSR count). The molecule has 0 radical (unpaired) electrons. The smallest absolute Gasteiger partial charge is 0.220 e. The number of rotatable bonds is 62. The summed E-state index contributed by atoms with van der Waals surface area (Å²) in [6.07, 6.45) is 56.8. The van der Waals surface area contributed by atoms with Crippen LogP contribution in [0.1, 0.15) is 284 Å². The Balaban J connectivity index is 1.40. The molecule has 3 aliphatic heterocycles. The minimum atomic E-state index is -1.99. The molecule has 0 saturated carbocycles. The van der Waals surface area contributed by atoms with E-state index in [2.05, 4.69) is 104 Å². The SMILES string of the molecule is CC/C=C\C/C=C\C/C=C\C/C=C\C/C=C\CCCCCCCCCCCC(=O)NC(COC1OC(CO)C(OC2OC(CO)C(OC3OC(CO)C(O)C(O)C3O)C(O)C2O)C(O)C1O)C(O)/C=C/CC/C=C/CC/C=C/CCCCCCCCCCCCCCCCCCCCCCC. The Kier molecular flexibility index (Phi) is 56.3. The predicted octanol–water partition coefficient (Wildman–Crippen LogP) is 13.2. The van der Waals surface area contributed by atoms with Crippen molar-refractivity contribution < 1.29 is 89.4 Å². The number of allylic oxidation sites excluding steroid dienone is 15. The van der Waals surface area contributed by atoms with Crippen LogP contribution in [0.15, 0.2) is 97.2 Å². The van der Waals surface area contributed by atoms with Gasteiger partial charge in [0.15, 0.2) is 18.9 Å². The van der Waals surface area contributed by atoms with Crippen molar-refractivity contribution in [1.29, 1.82) is 0 Å². The number of amides is 1. The van der Waals surface area contributed by atoms with E-state index in [0.717, 1.165) is 89.9 Å². The van der Waals surface area contributed by atoms with Gasteiger partial charge >= 0.3 is 0 Å². The van der Waals surface area contributed by atoms with Crippen LogP contribution in [0.5, 0.6) is 0 Å². The molecule has 0 aliphatic carbocycles. The van der Waals surface area contributed by atoms with Crippen LogP contribution in [0.4, 0.5) is 0 Å². The van der Waals surface area contributed by atoms with Crippen LogP contribution >= 0.6 is 0 Å². The van der Waals surface area contributed by atoms with Crippen molar-refractivity contribution in [1.82, 2.24) is 5.32 Å². The lowest BCUT2D eigenvalue weighted by molar-refractivity contribution is -0.379. The lowest BCUT2D eigenvalue weighted by Crippen LogP contribution is -2.66. The molecule has 19 heteroatoms. The van der Waals surface area contributed by atoms with Crippen molar-refractivity contribution in [3.8, 4) is 0 Å². The number of aliphatic hydroxyl groups excluding tert-OH is 11. The van der Waals surface area contributed by atoms with Crippen LogP contribution in [-0.4, -0.2) is 193 Å². The number of aliphatic hydroxyl groups is 11. The maximum atomic E-state index is 13.5. The maximum absolute atomic E-state index is 13.5. The van der Waals surface area contributed by atoms with Crippen LogP contribution in [0.3, 0.4) is 0 Å². The zero-order valence-electron chi connectivity index (χ0n) is 62.4. The van der Waals surface area contributed by atoms with Gasteiger partial charge in [-0.25, -0.2) is 0 Å². The van der Waals surface area contributed by atoms with Crippen molar-refractivity contribution in [3.63, 3.8) is 0 Å². The van der Waals surface area contributed by atoms with Gasteiger partial charge in [0.2, 0.25) is 5.91 Å². The van der Waals surface area contributed by atoms with E-state index in [1.165, 1.54) is 161 Å². The molecule has 3 saturated heterocycles. The Labute approximate surface area is 609 Å². The average Bonchev–Trinajstić information content (AvgIpc) is 0.782. The van der Waals surface area contributed by atoms with Gasteiger partial charge in [0.05, 0.1) is 38.6 Å². The third kappa shape index (κ3) is 42.0. The van der Waals surface area contributed by atoms with Gasteiger partial charge in [0.25, 0.3) is 0 Å². The second-order valence-electron chi connectivity index (χ2n) is 28.1. The van der Waals surface area contributed by atoms with Crippen molar-refractivity contribution in [2.24, 2.45) is 0 Å². The molecule has 0 aromatic heterocycles. The molecule has 0 aromatic rings. The van der Waals surface area contributed by atoms with E-state index in [1.807, 2.05) is 6.08 Å². The highest BCUT2D eigenvalue weighted by atomic mass is 16.8. The molecule has 0 bridgehead atoms. The lowest BCUT2D eigenvalue weighted by atomic mass is 9.96. The second-order valence-corrected chi connectivity index (χ2v) is 28.1. The van der Waals surface area contributed by atoms with Gasteiger partial charge in [-0.05, 0) is 89.9 Å². The standard InChI is InChI=1S/C82H143NO18/c1-3-5-7-9-11-13-15-17-19-21-23-25-27-29-30-31-32-33-34-36-37-39-41-43-45-47-49-51-53-55-57-59-66(87)65(83-70(88)60-58-56-54-52-50-48-46-44-42-40-38-35-28-26-24-22-20-18-16-14-12-10-8-6-4-2)64-96-80-76(94)73(91)78(68(62-85)98-80)101-82-77(95)74(92)79(69(63-86)99-82)100-81-75(93)72(90)71(89)67(61-84)97-81/h6,8,12,14,18,20,24,26,35,38,41,43,49,51,57,59,65-69,71-82,84-87,89-95H,3-5,7,9-11,13,15-17,19,21-23,25,27-34,36-37,39-40,42,44-48,50,52-56,58,60-64H2,1-2H3,(H,83,88)/b8-6-,14-12-,20-18-,26-24-,38-35-,43-41+,51-49+,59-57+. The molecular formula is C82H143NO18. The van der Waals surface area contributed by atoms with E-state index in [0.29, 0.717) is 12.8 Å². The highest BCUT2D eigenvalue weighted by Gasteiger charge is 2.54. The molecule has 0 aromatic carbocycles. The zero-order chi connectivity index (χ0) is 73.2. The summed E-state index contributed by atoms with van der Waals surface area (Å²) in [6.45, 7) is 1.61. The van der Waals surface area contributed by atoms with Crippen LogP contribution in [0, 0.1) is 0 Å². The van der Waals surface area contributed by atoms with Gasteiger partial charge in [0, 0.05) is 6.42 Å². The quantitative estimate of drug-likeness (QED) is 0.0199. The molecule has 1 amide bonds. The van der Waals surface area contributed by atoms with Gasteiger partial charge in [-0.2, -0.15) is 0 Å². The zero-order valence-corrected chi connectivity index (χ0v) is 62.4. The first-order chi connectivity index (χ1) is 49.3. The fourth-order valence-corrected chi connectivity index (χ4v) is 13.0. The number of hydrogen-bond donors (Lipinski definition) is 12. The van der Waals surface area contributed by atoms with E-state index in [-0.39, 0.29) is 18.9 Å². The van der Waals surface area contributed by atoms with Gasteiger partial charge < -0.3 is 89.9 Å². The number of hydrogen-bond acceptors (Lipinski definition) is 18. The van der Waals surface area contributed by atoms with Crippen molar-refractivity contribution >= 4 is 5.91 Å². The maximum Gasteiger partial charge on any atom is 0.220 e. The van der Waals surface area contributed by atoms with Gasteiger partial charge in [-0.15, -0.1) is 0 Å². The first-order valence-corrected chi connectivity index (χ1v) is 40.0. The van der Waals surface area contributed by atoms with E-state index < -0.39 is 124 Å². The van der Waals surface area contributed by atoms with E-state index in [4.69, 9.17) is 28.4 Å². The van der Waals surface area contributed by atoms with Gasteiger partial charge in [-0.3, -0.25) is 4.79 Å². The van der Waals surface area contributed by atoms with Gasteiger partial charge in [-0.1, -0.05) is 284 Å². The summed E-state index contributed by atoms with van der Waals surface area (Å²) in [5.41, 5.74) is 0. The molecular weight excluding hydrogens is 1290 g/mol. The normalized spacial score (nSPS) is 26.8. The fourth-order valence-electron chi connectivity index (χ4n) is 13.0. The minimum absolute atomic E-state index is 0.219. The van der Waals surface area contributed by atoms with Crippen LogP contribution < -0.4 is 5.32 Å². The molecule has 12 N–H and O–H groups in total. The lowest BCUT2D eigenvalue weighted by Gasteiger charge is -2.48. The number of ether oxygens (including phenoxy) is 6. The number of carbonyl (C=O) groups excluding carboxylic acids is 1.